The molecule has 0 saturated carbocycles. The minimum Gasteiger partial charge on any atom is -0.292 e. The monoisotopic (exact) mass is 410 g/mol. The zero-order valence-corrected chi connectivity index (χ0v) is 14.5. The molecule has 1 aliphatic heterocycles. The van der Waals surface area contributed by atoms with Gasteiger partial charge in [0.15, 0.2) is 5.78 Å². The van der Waals surface area contributed by atoms with Crippen LogP contribution < -0.4 is 0 Å². The Morgan fingerprint density at radius 3 is 2.45 bits per heavy atom. The molecule has 0 fully saturated rings. The quantitative estimate of drug-likeness (QED) is 0.628. The smallest absolute Gasteiger partial charge is 0.182 e. The summed E-state index contributed by atoms with van der Waals surface area (Å²) in [5.74, 6) is 0.866. The molecule has 0 amide bonds. The van der Waals surface area contributed by atoms with Crippen LogP contribution in [0.5, 0.6) is 0 Å². The number of carbonyl (C=O) groups is 1. The van der Waals surface area contributed by atoms with Gasteiger partial charge in [-0.3, -0.25) is 4.79 Å². The topological polar surface area (TPSA) is 17.1 Å². The van der Waals surface area contributed by atoms with Gasteiger partial charge in [-0.15, -0.1) is 11.8 Å². The average Bonchev–Trinajstić information content (AvgIpc) is 2.51. The highest BCUT2D eigenvalue weighted by Gasteiger charge is 2.46. The van der Waals surface area contributed by atoms with Gasteiger partial charge in [-0.25, -0.2) is 0 Å². The molecule has 1 heterocycles. The van der Waals surface area contributed by atoms with Gasteiger partial charge in [0, 0.05) is 16.2 Å². The fourth-order valence-corrected chi connectivity index (χ4v) is 5.19. The van der Waals surface area contributed by atoms with Crippen molar-refractivity contribution in [3.63, 3.8) is 0 Å². The third-order valence-corrected chi connectivity index (χ3v) is 8.10. The van der Waals surface area contributed by atoms with Crippen LogP contribution in [0, 0.1) is 0 Å². The highest BCUT2D eigenvalue weighted by molar-refractivity contribution is 9.12. The number of fused-ring (bicyclic) bond motifs is 1. The lowest BCUT2D eigenvalue weighted by atomic mass is 9.92. The molecule has 0 aromatic heterocycles. The Hall–Kier alpha value is -0.580. The number of carbonyl (C=O) groups excluding carboxylic acids is 1. The molecule has 0 unspecified atom stereocenters. The molecule has 102 valence electrons. The molecule has 2 aromatic rings. The molecule has 2 atom stereocenters. The number of alkyl halides is 2. The maximum Gasteiger partial charge on any atom is 0.182 e. The first-order valence-electron chi connectivity index (χ1n) is 6.27. The van der Waals surface area contributed by atoms with Gasteiger partial charge in [0.2, 0.25) is 0 Å². The number of benzene rings is 2. The molecule has 3 rings (SSSR count). The fourth-order valence-electron chi connectivity index (χ4n) is 2.33. The summed E-state index contributed by atoms with van der Waals surface area (Å²) in [6, 6.07) is 17.9. The fraction of sp³-hybridized carbons (Fsp3) is 0.188. The van der Waals surface area contributed by atoms with Crippen LogP contribution in [0.15, 0.2) is 59.5 Å². The summed E-state index contributed by atoms with van der Waals surface area (Å²) in [7, 11) is 0. The first-order chi connectivity index (χ1) is 9.63. The first kappa shape index (κ1) is 14.4. The van der Waals surface area contributed by atoms with Crippen molar-refractivity contribution < 1.29 is 4.79 Å². The van der Waals surface area contributed by atoms with E-state index in [1.807, 2.05) is 54.6 Å². The van der Waals surface area contributed by atoms with E-state index < -0.39 is 4.32 Å². The molecule has 2 aromatic carbocycles. The van der Waals surface area contributed by atoms with E-state index in [1.165, 1.54) is 0 Å². The Labute approximate surface area is 139 Å². The Morgan fingerprint density at radius 1 is 1.05 bits per heavy atom. The van der Waals surface area contributed by atoms with Gasteiger partial charge in [0.05, 0.1) is 4.83 Å². The van der Waals surface area contributed by atoms with Crippen LogP contribution in [0.25, 0.3) is 0 Å². The normalized spacial score (nSPS) is 23.2. The van der Waals surface area contributed by atoms with Crippen molar-refractivity contribution in [1.29, 1.82) is 0 Å². The molecule has 4 heteroatoms. The Morgan fingerprint density at radius 2 is 1.70 bits per heavy atom. The molecule has 0 spiro atoms. The van der Waals surface area contributed by atoms with Gasteiger partial charge in [-0.05, 0) is 11.6 Å². The minimum absolute atomic E-state index is 0.0513. The van der Waals surface area contributed by atoms with Gasteiger partial charge < -0.3 is 0 Å². The van der Waals surface area contributed by atoms with E-state index in [-0.39, 0.29) is 10.6 Å². The number of halogens is 2. The van der Waals surface area contributed by atoms with Gasteiger partial charge >= 0.3 is 0 Å². The third kappa shape index (κ3) is 2.38. The number of ketones is 1. The molecule has 0 N–H and O–H groups in total. The predicted octanol–water partition coefficient (Wildman–Crippen LogP) is 5.24. The number of hydrogen-bond donors (Lipinski definition) is 0. The summed E-state index contributed by atoms with van der Waals surface area (Å²) in [6.07, 6.45) is 0. The van der Waals surface area contributed by atoms with E-state index in [9.17, 15) is 4.79 Å². The van der Waals surface area contributed by atoms with Crippen LogP contribution in [0.4, 0.5) is 0 Å². The van der Waals surface area contributed by atoms with Crippen LogP contribution in [0.2, 0.25) is 0 Å². The molecule has 20 heavy (non-hydrogen) atoms. The molecule has 0 aliphatic carbocycles. The van der Waals surface area contributed by atoms with Crippen molar-refractivity contribution in [2.24, 2.45) is 0 Å². The minimum atomic E-state index is -0.604. The Balaban J connectivity index is 2.00. The summed E-state index contributed by atoms with van der Waals surface area (Å²) in [5.41, 5.74) is 1.92. The van der Waals surface area contributed by atoms with Crippen molar-refractivity contribution >= 4 is 49.4 Å². The van der Waals surface area contributed by atoms with Gasteiger partial charge in [0.1, 0.15) is 4.32 Å². The van der Waals surface area contributed by atoms with E-state index in [2.05, 4.69) is 31.9 Å². The van der Waals surface area contributed by atoms with Crippen LogP contribution >= 0.6 is 43.6 Å². The van der Waals surface area contributed by atoms with Crippen LogP contribution in [-0.2, 0) is 0 Å². The number of thioether (sulfide) groups is 1. The van der Waals surface area contributed by atoms with Gasteiger partial charge in [-0.2, -0.15) is 0 Å². The van der Waals surface area contributed by atoms with Crippen LogP contribution in [0.1, 0.15) is 20.7 Å². The number of Topliss-reactive ketones (excluding diaryl/α,β-unsaturated/α-hetero) is 1. The highest BCUT2D eigenvalue weighted by atomic mass is 79.9. The predicted molar refractivity (Wildman–Crippen MR) is 91.3 cm³/mol. The van der Waals surface area contributed by atoms with Crippen molar-refractivity contribution in [2.45, 2.75) is 14.0 Å². The van der Waals surface area contributed by atoms with Gasteiger partial charge in [-0.1, -0.05) is 80.4 Å². The van der Waals surface area contributed by atoms with E-state index in [0.29, 0.717) is 5.75 Å². The molecular formula is C16H12Br2OS. The zero-order valence-electron chi connectivity index (χ0n) is 10.6. The van der Waals surface area contributed by atoms with Crippen molar-refractivity contribution in [3.05, 3.63) is 65.7 Å². The molecule has 1 nitrogen and oxygen atoms in total. The summed E-state index contributed by atoms with van der Waals surface area (Å²) in [4.78, 5) is 13.9. The summed E-state index contributed by atoms with van der Waals surface area (Å²) in [6.45, 7) is 0. The molecule has 0 saturated heterocycles. The maximum atomic E-state index is 12.9. The van der Waals surface area contributed by atoms with E-state index in [0.717, 1.165) is 16.0 Å². The molecule has 0 radical (unpaired) electrons. The van der Waals surface area contributed by atoms with E-state index in [4.69, 9.17) is 0 Å². The van der Waals surface area contributed by atoms with Crippen molar-refractivity contribution in [1.82, 2.24) is 0 Å². The summed E-state index contributed by atoms with van der Waals surface area (Å²) < 4.78 is -0.604. The third-order valence-electron chi connectivity index (χ3n) is 3.44. The second-order valence-electron chi connectivity index (χ2n) is 4.75. The molecule has 0 bridgehead atoms. The number of hydrogen-bond acceptors (Lipinski definition) is 2. The van der Waals surface area contributed by atoms with E-state index >= 15 is 0 Å². The zero-order chi connectivity index (χ0) is 14.2. The Bertz CT molecular complexity index is 644. The SMILES string of the molecule is O=C1c2ccccc2SC[C@]1(Br)[C@H](Br)c1ccccc1. The Kier molecular flexibility index (Phi) is 4.07. The van der Waals surface area contributed by atoms with Crippen LogP contribution in [-0.4, -0.2) is 15.9 Å². The standard InChI is InChI=1S/C16H12Br2OS/c17-14(11-6-2-1-3-7-11)16(18)10-20-13-9-5-4-8-12(13)15(16)19/h1-9,14H,10H2/t14-,16+/m1/s1. The summed E-state index contributed by atoms with van der Waals surface area (Å²) >= 11 is 9.16. The second-order valence-corrected chi connectivity index (χ2v) is 8.10. The van der Waals surface area contributed by atoms with Crippen molar-refractivity contribution in [2.75, 3.05) is 5.75 Å². The lowest BCUT2D eigenvalue weighted by molar-refractivity contribution is 0.0950. The first-order valence-corrected chi connectivity index (χ1v) is 8.97. The van der Waals surface area contributed by atoms with E-state index in [1.54, 1.807) is 11.8 Å². The van der Waals surface area contributed by atoms with Gasteiger partial charge in [0.25, 0.3) is 0 Å². The lowest BCUT2D eigenvalue weighted by Crippen LogP contribution is -2.41. The average molecular weight is 412 g/mol. The highest BCUT2D eigenvalue weighted by Crippen LogP contribution is 2.49. The lowest BCUT2D eigenvalue weighted by Gasteiger charge is -2.35. The second kappa shape index (κ2) is 5.66. The summed E-state index contributed by atoms with van der Waals surface area (Å²) in [5, 5.41) is 0. The molecule has 1 aliphatic rings. The van der Waals surface area contributed by atoms with Crippen LogP contribution in [0.3, 0.4) is 0 Å². The largest absolute Gasteiger partial charge is 0.292 e. The number of rotatable bonds is 2. The molecular weight excluding hydrogens is 400 g/mol. The maximum absolute atomic E-state index is 12.9. The van der Waals surface area contributed by atoms with Crippen molar-refractivity contribution in [3.8, 4) is 0 Å².